The van der Waals surface area contributed by atoms with Crippen LogP contribution in [0.2, 0.25) is 0 Å². The predicted molar refractivity (Wildman–Crippen MR) is 102 cm³/mol. The first-order chi connectivity index (χ1) is 12.6. The van der Waals surface area contributed by atoms with Crippen molar-refractivity contribution in [2.75, 3.05) is 0 Å². The fourth-order valence-corrected chi connectivity index (χ4v) is 6.05. The second-order valence-corrected chi connectivity index (χ2v) is 8.96. The molecule has 5 rings (SSSR count). The lowest BCUT2D eigenvalue weighted by Gasteiger charge is -2.22. The van der Waals surface area contributed by atoms with Crippen molar-refractivity contribution in [3.63, 3.8) is 0 Å². The minimum atomic E-state index is -2.45. The van der Waals surface area contributed by atoms with Gasteiger partial charge in [-0.25, -0.2) is 9.50 Å². The van der Waals surface area contributed by atoms with Crippen LogP contribution in [-0.2, 0) is 9.52 Å². The largest absolute Gasteiger partial charge is 0.265 e. The SMILES string of the molecule is CC1=S(=O)(c2ccccc2)c2c1nn1c(-c3ccncc3)cc(C)nc21. The van der Waals surface area contributed by atoms with Crippen molar-refractivity contribution in [2.24, 2.45) is 0 Å². The average molecular weight is 360 g/mol. The van der Waals surface area contributed by atoms with Crippen LogP contribution in [-0.4, -0.2) is 28.7 Å². The Hall–Kier alpha value is -2.99. The third-order valence-electron chi connectivity index (χ3n) is 4.78. The zero-order valence-corrected chi connectivity index (χ0v) is 15.2. The van der Waals surface area contributed by atoms with E-state index < -0.39 is 9.52 Å². The normalized spacial score (nSPS) is 18.6. The first-order valence-electron chi connectivity index (χ1n) is 8.35. The highest BCUT2D eigenvalue weighted by atomic mass is 32.2. The maximum Gasteiger partial charge on any atom is 0.172 e. The number of pyridine rings is 1. The smallest absolute Gasteiger partial charge is 0.172 e. The summed E-state index contributed by atoms with van der Waals surface area (Å²) in [6.45, 7) is 3.85. The molecule has 0 N–H and O–H groups in total. The van der Waals surface area contributed by atoms with Crippen LogP contribution in [0.4, 0.5) is 0 Å². The number of aromatic nitrogens is 4. The number of rotatable bonds is 2. The molecule has 1 aromatic carbocycles. The molecule has 0 saturated carbocycles. The molecule has 5 nitrogen and oxygen atoms in total. The molecular formula is C20H16N4OS. The van der Waals surface area contributed by atoms with Gasteiger partial charge in [0, 0.05) is 42.9 Å². The van der Waals surface area contributed by atoms with Crippen LogP contribution in [0, 0.1) is 6.92 Å². The summed E-state index contributed by atoms with van der Waals surface area (Å²) in [4.78, 5) is 11.2. The molecule has 4 aromatic rings. The Morgan fingerprint density at radius 2 is 1.73 bits per heavy atom. The molecule has 0 bridgehead atoms. The van der Waals surface area contributed by atoms with Gasteiger partial charge < -0.3 is 0 Å². The molecule has 0 saturated heterocycles. The Bertz CT molecular complexity index is 1280. The predicted octanol–water partition coefficient (Wildman–Crippen LogP) is 3.36. The van der Waals surface area contributed by atoms with Crippen LogP contribution in [0.25, 0.3) is 16.9 Å². The van der Waals surface area contributed by atoms with Crippen molar-refractivity contribution in [1.82, 2.24) is 19.6 Å². The Morgan fingerprint density at radius 1 is 1.00 bits per heavy atom. The van der Waals surface area contributed by atoms with Gasteiger partial charge in [-0.3, -0.25) is 9.19 Å². The van der Waals surface area contributed by atoms with E-state index in [1.54, 1.807) is 12.4 Å². The molecular weight excluding hydrogens is 344 g/mol. The number of hydrogen-bond donors (Lipinski definition) is 0. The van der Waals surface area contributed by atoms with E-state index in [-0.39, 0.29) is 0 Å². The van der Waals surface area contributed by atoms with E-state index in [9.17, 15) is 4.21 Å². The summed E-state index contributed by atoms with van der Waals surface area (Å²) in [6.07, 6.45) is 3.51. The summed E-state index contributed by atoms with van der Waals surface area (Å²) in [5.74, 6) is 0. The van der Waals surface area contributed by atoms with Crippen molar-refractivity contribution in [1.29, 1.82) is 0 Å². The third kappa shape index (κ3) is 1.87. The van der Waals surface area contributed by atoms with Gasteiger partial charge >= 0.3 is 0 Å². The highest BCUT2D eigenvalue weighted by Crippen LogP contribution is 2.39. The lowest BCUT2D eigenvalue weighted by molar-refractivity contribution is 0.679. The molecule has 0 radical (unpaired) electrons. The summed E-state index contributed by atoms with van der Waals surface area (Å²) < 4.78 is 15.7. The quantitative estimate of drug-likeness (QED) is 0.514. The van der Waals surface area contributed by atoms with Crippen LogP contribution in [0.5, 0.6) is 0 Å². The molecule has 0 spiro atoms. The third-order valence-corrected chi connectivity index (χ3v) is 7.72. The summed E-state index contributed by atoms with van der Waals surface area (Å²) in [5.41, 5.74) is 4.26. The summed E-state index contributed by atoms with van der Waals surface area (Å²) in [5, 5.41) is 4.74. The van der Waals surface area contributed by atoms with Gasteiger partial charge in [-0.1, -0.05) is 18.2 Å². The highest BCUT2D eigenvalue weighted by Gasteiger charge is 2.38. The Balaban J connectivity index is 1.84. The van der Waals surface area contributed by atoms with Gasteiger partial charge in [-0.2, -0.15) is 5.10 Å². The maximum atomic E-state index is 13.9. The van der Waals surface area contributed by atoms with Crippen LogP contribution in [0.3, 0.4) is 0 Å². The maximum absolute atomic E-state index is 13.9. The van der Waals surface area contributed by atoms with Crippen LogP contribution in [0.1, 0.15) is 18.3 Å². The average Bonchev–Trinajstić information content (AvgIpc) is 3.04. The molecule has 0 amide bonds. The van der Waals surface area contributed by atoms with Crippen molar-refractivity contribution in [3.05, 3.63) is 72.3 Å². The zero-order valence-electron chi connectivity index (χ0n) is 14.4. The monoisotopic (exact) mass is 360 g/mol. The van der Waals surface area contributed by atoms with Gasteiger partial charge in [0.05, 0.1) is 5.69 Å². The van der Waals surface area contributed by atoms with Gasteiger partial charge in [0.25, 0.3) is 0 Å². The summed E-state index contributed by atoms with van der Waals surface area (Å²) >= 11 is 0. The molecule has 1 atom stereocenters. The zero-order chi connectivity index (χ0) is 17.9. The van der Waals surface area contributed by atoms with E-state index in [0.717, 1.165) is 37.3 Å². The second-order valence-electron chi connectivity index (χ2n) is 6.36. The van der Waals surface area contributed by atoms with E-state index in [4.69, 9.17) is 5.10 Å². The molecule has 0 fully saturated rings. The van der Waals surface area contributed by atoms with Gasteiger partial charge in [0.2, 0.25) is 0 Å². The van der Waals surface area contributed by atoms with Gasteiger partial charge in [-0.15, -0.1) is 0 Å². The molecule has 128 valence electrons. The lowest BCUT2D eigenvalue weighted by atomic mass is 10.2. The standard InChI is InChI=1S/C20H16N4OS/c1-13-12-17(15-8-10-21-11-9-15)24-20(22-13)19-18(23-24)14(2)26(19,25)16-6-4-3-5-7-16/h3-12H,1-2H3. The molecule has 1 aliphatic rings. The molecule has 0 aliphatic carbocycles. The van der Waals surface area contributed by atoms with Crippen LogP contribution >= 0.6 is 0 Å². The fraction of sp³-hybridized carbons (Fsp3) is 0.100. The topological polar surface area (TPSA) is 60.2 Å². The molecule has 3 aromatic heterocycles. The molecule has 26 heavy (non-hydrogen) atoms. The molecule has 6 heteroatoms. The van der Waals surface area contributed by atoms with Crippen molar-refractivity contribution in [3.8, 4) is 11.3 Å². The molecule has 4 heterocycles. The first kappa shape index (κ1) is 15.3. The molecule has 1 unspecified atom stereocenters. The Kier molecular flexibility index (Phi) is 3.09. The van der Waals surface area contributed by atoms with Gasteiger partial charge in [0.15, 0.2) is 5.65 Å². The number of benzene rings is 1. The number of fused-ring (bicyclic) bond motifs is 3. The minimum Gasteiger partial charge on any atom is -0.265 e. The van der Waals surface area contributed by atoms with Crippen molar-refractivity contribution < 1.29 is 4.21 Å². The summed E-state index contributed by atoms with van der Waals surface area (Å²) in [7, 11) is -2.45. The lowest BCUT2D eigenvalue weighted by Crippen LogP contribution is -2.25. The summed E-state index contributed by atoms with van der Waals surface area (Å²) in [6, 6.07) is 15.5. The van der Waals surface area contributed by atoms with Crippen molar-refractivity contribution in [2.45, 2.75) is 23.6 Å². The first-order valence-corrected chi connectivity index (χ1v) is 9.90. The second kappa shape index (κ2) is 5.25. The van der Waals surface area contributed by atoms with E-state index in [1.165, 1.54) is 0 Å². The van der Waals surface area contributed by atoms with E-state index >= 15 is 0 Å². The van der Waals surface area contributed by atoms with Gasteiger partial charge in [-0.05, 0) is 44.2 Å². The van der Waals surface area contributed by atoms with E-state index in [1.807, 2.05) is 66.9 Å². The van der Waals surface area contributed by atoms with Crippen LogP contribution < -0.4 is 0 Å². The van der Waals surface area contributed by atoms with E-state index in [0.29, 0.717) is 5.65 Å². The van der Waals surface area contributed by atoms with Gasteiger partial charge in [0.1, 0.15) is 10.6 Å². The fourth-order valence-electron chi connectivity index (χ4n) is 3.49. The minimum absolute atomic E-state index is 0.672. The molecule has 1 aliphatic heterocycles. The number of nitrogens with zero attached hydrogens (tertiary/aromatic N) is 4. The van der Waals surface area contributed by atoms with E-state index in [2.05, 4.69) is 9.97 Å². The van der Waals surface area contributed by atoms with Crippen LogP contribution in [0.15, 0.2) is 70.7 Å². The number of hydrogen-bond acceptors (Lipinski definition) is 4. The van der Waals surface area contributed by atoms with Crippen molar-refractivity contribution >= 4 is 20.0 Å². The number of aryl methyl sites for hydroxylation is 1. The Morgan fingerprint density at radius 3 is 2.46 bits per heavy atom. The Labute approximate surface area is 151 Å². The highest BCUT2D eigenvalue weighted by molar-refractivity contribution is 8.04.